The van der Waals surface area contributed by atoms with E-state index in [1.807, 2.05) is 49.5 Å². The third-order valence-electron chi connectivity index (χ3n) is 3.74. The smallest absolute Gasteiger partial charge is 0.253 e. The Morgan fingerprint density at radius 3 is 2.76 bits per heavy atom. The van der Waals surface area contributed by atoms with Crippen LogP contribution in [0, 0.1) is 0 Å². The van der Waals surface area contributed by atoms with E-state index in [0.717, 1.165) is 34.3 Å². The van der Waals surface area contributed by atoms with Gasteiger partial charge in [-0.15, -0.1) is 0 Å². The van der Waals surface area contributed by atoms with Crippen LogP contribution in [0.2, 0.25) is 0 Å². The third kappa shape index (κ3) is 3.10. The summed E-state index contributed by atoms with van der Waals surface area (Å²) in [4.78, 5) is 14.3. The lowest BCUT2D eigenvalue weighted by Crippen LogP contribution is -2.26. The summed E-state index contributed by atoms with van der Waals surface area (Å²) in [6.07, 6.45) is 0.993. The van der Waals surface area contributed by atoms with Crippen molar-refractivity contribution in [2.45, 2.75) is 13.0 Å². The number of fused-ring (bicyclic) bond motifs is 1. The van der Waals surface area contributed by atoms with Gasteiger partial charge in [-0.05, 0) is 47.9 Å². The Labute approximate surface area is 133 Å². The van der Waals surface area contributed by atoms with Crippen molar-refractivity contribution in [1.82, 2.24) is 4.90 Å². The van der Waals surface area contributed by atoms with Crippen molar-refractivity contribution in [3.63, 3.8) is 0 Å². The topological polar surface area (TPSA) is 32.3 Å². The Morgan fingerprint density at radius 1 is 1.24 bits per heavy atom. The minimum atomic E-state index is 0.0626. The number of benzene rings is 2. The second kappa shape index (κ2) is 5.90. The molecular formula is C17H17BrN2O. The highest BCUT2D eigenvalue weighted by Gasteiger charge is 2.16. The molecule has 21 heavy (non-hydrogen) atoms. The molecule has 0 spiro atoms. The summed E-state index contributed by atoms with van der Waals surface area (Å²) in [5, 5.41) is 3.31. The average molecular weight is 345 g/mol. The summed E-state index contributed by atoms with van der Waals surface area (Å²) in [5.41, 5.74) is 4.27. The molecule has 2 aromatic carbocycles. The van der Waals surface area contributed by atoms with E-state index in [1.54, 1.807) is 4.90 Å². The Hall–Kier alpha value is -1.81. The second-order valence-corrected chi connectivity index (χ2v) is 6.25. The third-order valence-corrected chi connectivity index (χ3v) is 4.27. The fourth-order valence-electron chi connectivity index (χ4n) is 2.59. The first kappa shape index (κ1) is 14.1. The maximum Gasteiger partial charge on any atom is 0.253 e. The van der Waals surface area contributed by atoms with Crippen LogP contribution in [-0.2, 0) is 13.0 Å². The summed E-state index contributed by atoms with van der Waals surface area (Å²) < 4.78 is 1.05. The summed E-state index contributed by atoms with van der Waals surface area (Å²) in [7, 11) is 1.84. The molecule has 4 heteroatoms. The number of carbonyl (C=O) groups excluding carboxylic acids is 1. The number of anilines is 1. The van der Waals surface area contributed by atoms with Crippen LogP contribution in [0.15, 0.2) is 46.9 Å². The Kier molecular flexibility index (Phi) is 3.97. The van der Waals surface area contributed by atoms with E-state index in [1.165, 1.54) is 5.56 Å². The van der Waals surface area contributed by atoms with Gasteiger partial charge in [-0.25, -0.2) is 0 Å². The first-order valence-corrected chi connectivity index (χ1v) is 7.79. The van der Waals surface area contributed by atoms with Gasteiger partial charge in [0.2, 0.25) is 0 Å². The molecule has 1 amide bonds. The molecule has 0 saturated carbocycles. The first-order chi connectivity index (χ1) is 10.1. The van der Waals surface area contributed by atoms with Crippen LogP contribution in [0.3, 0.4) is 0 Å². The summed E-state index contributed by atoms with van der Waals surface area (Å²) in [6.45, 7) is 1.57. The van der Waals surface area contributed by atoms with Gasteiger partial charge < -0.3 is 10.2 Å². The molecule has 0 aromatic heterocycles. The molecule has 0 fully saturated rings. The molecule has 0 atom stereocenters. The number of halogens is 1. The normalized spacial score (nSPS) is 12.7. The van der Waals surface area contributed by atoms with Crippen molar-refractivity contribution < 1.29 is 4.79 Å². The van der Waals surface area contributed by atoms with Gasteiger partial charge >= 0.3 is 0 Å². The zero-order chi connectivity index (χ0) is 14.8. The molecular weight excluding hydrogens is 328 g/mol. The molecule has 0 saturated heterocycles. The SMILES string of the molecule is CN(Cc1ccc(Br)cc1)C(=O)c1ccc2c(c1)CCN2. The zero-order valence-corrected chi connectivity index (χ0v) is 13.5. The van der Waals surface area contributed by atoms with Gasteiger partial charge in [-0.3, -0.25) is 4.79 Å². The van der Waals surface area contributed by atoms with Gasteiger partial charge in [-0.1, -0.05) is 28.1 Å². The van der Waals surface area contributed by atoms with Gasteiger partial charge in [0.15, 0.2) is 0 Å². The molecule has 1 aliphatic heterocycles. The van der Waals surface area contributed by atoms with Crippen LogP contribution in [-0.4, -0.2) is 24.4 Å². The van der Waals surface area contributed by atoms with E-state index in [4.69, 9.17) is 0 Å². The monoisotopic (exact) mass is 344 g/mol. The Balaban J connectivity index is 1.73. The molecule has 2 aromatic rings. The summed E-state index contributed by atoms with van der Waals surface area (Å²) in [5.74, 6) is 0.0626. The molecule has 3 nitrogen and oxygen atoms in total. The van der Waals surface area contributed by atoms with E-state index in [9.17, 15) is 4.79 Å². The van der Waals surface area contributed by atoms with Gasteiger partial charge in [0, 0.05) is 35.9 Å². The highest BCUT2D eigenvalue weighted by molar-refractivity contribution is 9.10. The Morgan fingerprint density at radius 2 is 2.00 bits per heavy atom. The predicted molar refractivity (Wildman–Crippen MR) is 88.6 cm³/mol. The largest absolute Gasteiger partial charge is 0.384 e. The van der Waals surface area contributed by atoms with Crippen molar-refractivity contribution in [2.24, 2.45) is 0 Å². The van der Waals surface area contributed by atoms with Crippen molar-refractivity contribution >= 4 is 27.5 Å². The highest BCUT2D eigenvalue weighted by atomic mass is 79.9. The number of nitrogens with zero attached hydrogens (tertiary/aromatic N) is 1. The maximum absolute atomic E-state index is 12.5. The maximum atomic E-state index is 12.5. The molecule has 1 N–H and O–H groups in total. The van der Waals surface area contributed by atoms with Gasteiger partial charge in [0.05, 0.1) is 0 Å². The second-order valence-electron chi connectivity index (χ2n) is 5.34. The van der Waals surface area contributed by atoms with Crippen LogP contribution in [0.4, 0.5) is 5.69 Å². The highest BCUT2D eigenvalue weighted by Crippen LogP contribution is 2.23. The van der Waals surface area contributed by atoms with Gasteiger partial charge in [0.1, 0.15) is 0 Å². The number of rotatable bonds is 3. The lowest BCUT2D eigenvalue weighted by molar-refractivity contribution is 0.0785. The molecule has 1 aliphatic rings. The van der Waals surface area contributed by atoms with Crippen molar-refractivity contribution in [3.8, 4) is 0 Å². The van der Waals surface area contributed by atoms with Crippen molar-refractivity contribution in [3.05, 3.63) is 63.6 Å². The van der Waals surface area contributed by atoms with Crippen LogP contribution in [0.25, 0.3) is 0 Å². The van der Waals surface area contributed by atoms with Crippen LogP contribution in [0.5, 0.6) is 0 Å². The van der Waals surface area contributed by atoms with Crippen LogP contribution in [0.1, 0.15) is 21.5 Å². The minimum Gasteiger partial charge on any atom is -0.384 e. The number of hydrogen-bond acceptors (Lipinski definition) is 2. The van der Waals surface area contributed by atoms with Crippen molar-refractivity contribution in [2.75, 3.05) is 18.9 Å². The average Bonchev–Trinajstić information content (AvgIpc) is 2.96. The molecule has 0 unspecified atom stereocenters. The summed E-state index contributed by atoms with van der Waals surface area (Å²) >= 11 is 3.42. The predicted octanol–water partition coefficient (Wildman–Crippen LogP) is 3.69. The van der Waals surface area contributed by atoms with Gasteiger partial charge in [0.25, 0.3) is 5.91 Å². The summed E-state index contributed by atoms with van der Waals surface area (Å²) in [6, 6.07) is 14.0. The van der Waals surface area contributed by atoms with Crippen molar-refractivity contribution in [1.29, 1.82) is 0 Å². The van der Waals surface area contributed by atoms with E-state index >= 15 is 0 Å². The van der Waals surface area contributed by atoms with Crippen LogP contribution < -0.4 is 5.32 Å². The van der Waals surface area contributed by atoms with E-state index in [2.05, 4.69) is 21.2 Å². The van der Waals surface area contributed by atoms with Crippen LogP contribution >= 0.6 is 15.9 Å². The number of nitrogens with one attached hydrogen (secondary N) is 1. The molecule has 3 rings (SSSR count). The molecule has 108 valence electrons. The molecule has 0 aliphatic carbocycles. The fraction of sp³-hybridized carbons (Fsp3) is 0.235. The first-order valence-electron chi connectivity index (χ1n) is 7.00. The quantitative estimate of drug-likeness (QED) is 0.920. The van der Waals surface area contributed by atoms with E-state index < -0.39 is 0 Å². The molecule has 1 heterocycles. The zero-order valence-electron chi connectivity index (χ0n) is 11.9. The lowest BCUT2D eigenvalue weighted by Gasteiger charge is -2.18. The fourth-order valence-corrected chi connectivity index (χ4v) is 2.86. The number of hydrogen-bond donors (Lipinski definition) is 1. The minimum absolute atomic E-state index is 0.0626. The lowest BCUT2D eigenvalue weighted by atomic mass is 10.1. The number of amides is 1. The standard InChI is InChI=1S/C17H17BrN2O/c1-20(11-12-2-5-15(18)6-3-12)17(21)14-4-7-16-13(10-14)8-9-19-16/h2-7,10,19H,8-9,11H2,1H3. The number of carbonyl (C=O) groups is 1. The van der Waals surface area contributed by atoms with E-state index in [0.29, 0.717) is 6.54 Å². The van der Waals surface area contributed by atoms with E-state index in [-0.39, 0.29) is 5.91 Å². The Bertz CT molecular complexity index is 667. The molecule has 0 bridgehead atoms. The molecule has 0 radical (unpaired) electrons. The van der Waals surface area contributed by atoms with Gasteiger partial charge in [-0.2, -0.15) is 0 Å².